The van der Waals surface area contributed by atoms with Crippen molar-refractivity contribution in [2.24, 2.45) is 0 Å². The lowest BCUT2D eigenvalue weighted by Gasteiger charge is -2.08. The maximum absolute atomic E-state index is 13.6. The van der Waals surface area contributed by atoms with Crippen LogP contribution in [0.3, 0.4) is 0 Å². The van der Waals surface area contributed by atoms with Crippen LogP contribution in [-0.2, 0) is 13.0 Å². The predicted octanol–water partition coefficient (Wildman–Crippen LogP) is 3.51. The number of rotatable bonds is 7. The second-order valence-corrected chi connectivity index (χ2v) is 6.23. The van der Waals surface area contributed by atoms with Crippen LogP contribution in [0.1, 0.15) is 27.2 Å². The van der Waals surface area contributed by atoms with Gasteiger partial charge in [-0.2, -0.15) is 0 Å². The van der Waals surface area contributed by atoms with Gasteiger partial charge in [-0.15, -0.1) is 0 Å². The van der Waals surface area contributed by atoms with Gasteiger partial charge in [-0.1, -0.05) is 48.0 Å². The second kappa shape index (κ2) is 8.89. The van der Waals surface area contributed by atoms with Crippen molar-refractivity contribution in [1.29, 1.82) is 0 Å². The standard InChI is InChI=1S/C21H21FN4O/c1-15-5-4-6-16(11-15)12-26-21(27)19-13-25-20(14-24-19)23-10-9-17-7-2-3-8-18(17)22/h2-8,11,13-14H,9-10,12H2,1H3,(H,23,25)(H,26,27). The summed E-state index contributed by atoms with van der Waals surface area (Å²) in [6.45, 7) is 2.97. The summed E-state index contributed by atoms with van der Waals surface area (Å²) in [7, 11) is 0. The summed E-state index contributed by atoms with van der Waals surface area (Å²) in [5, 5.41) is 5.91. The Morgan fingerprint density at radius 1 is 1.07 bits per heavy atom. The van der Waals surface area contributed by atoms with Crippen LogP contribution in [0.2, 0.25) is 0 Å². The number of aromatic nitrogens is 2. The van der Waals surface area contributed by atoms with Crippen LogP contribution >= 0.6 is 0 Å². The molecule has 0 spiro atoms. The molecule has 5 nitrogen and oxygen atoms in total. The number of amides is 1. The van der Waals surface area contributed by atoms with E-state index in [4.69, 9.17) is 0 Å². The summed E-state index contributed by atoms with van der Waals surface area (Å²) >= 11 is 0. The number of halogens is 1. The SMILES string of the molecule is Cc1cccc(CNC(=O)c2cnc(NCCc3ccccc3F)cn2)c1. The fraction of sp³-hybridized carbons (Fsp3) is 0.190. The van der Waals surface area contributed by atoms with Crippen LogP contribution in [0, 0.1) is 12.7 Å². The number of carbonyl (C=O) groups excluding carboxylic acids is 1. The minimum Gasteiger partial charge on any atom is -0.368 e. The highest BCUT2D eigenvalue weighted by Crippen LogP contribution is 2.08. The van der Waals surface area contributed by atoms with Crippen molar-refractivity contribution in [1.82, 2.24) is 15.3 Å². The van der Waals surface area contributed by atoms with Crippen LogP contribution in [0.5, 0.6) is 0 Å². The number of carbonyl (C=O) groups is 1. The topological polar surface area (TPSA) is 66.9 Å². The molecule has 1 heterocycles. The van der Waals surface area contributed by atoms with E-state index < -0.39 is 0 Å². The smallest absolute Gasteiger partial charge is 0.271 e. The number of benzene rings is 2. The van der Waals surface area contributed by atoms with Gasteiger partial charge in [-0.25, -0.2) is 14.4 Å². The lowest BCUT2D eigenvalue weighted by atomic mass is 10.1. The zero-order chi connectivity index (χ0) is 19.1. The van der Waals surface area contributed by atoms with Crippen LogP contribution in [0.25, 0.3) is 0 Å². The molecule has 0 aliphatic rings. The van der Waals surface area contributed by atoms with Crippen molar-refractivity contribution in [3.8, 4) is 0 Å². The van der Waals surface area contributed by atoms with Crippen molar-refractivity contribution in [2.45, 2.75) is 19.9 Å². The van der Waals surface area contributed by atoms with Gasteiger partial charge in [0, 0.05) is 13.1 Å². The van der Waals surface area contributed by atoms with Gasteiger partial charge in [0.2, 0.25) is 0 Å². The van der Waals surface area contributed by atoms with Crippen molar-refractivity contribution < 1.29 is 9.18 Å². The first-order chi connectivity index (χ1) is 13.1. The molecule has 138 valence electrons. The molecule has 0 bridgehead atoms. The average molecular weight is 364 g/mol. The van der Waals surface area contributed by atoms with E-state index in [0.29, 0.717) is 30.9 Å². The molecule has 27 heavy (non-hydrogen) atoms. The molecule has 3 rings (SSSR count). The summed E-state index contributed by atoms with van der Waals surface area (Å²) in [4.78, 5) is 20.5. The maximum atomic E-state index is 13.6. The third kappa shape index (κ3) is 5.34. The van der Waals surface area contributed by atoms with Gasteiger partial charge in [0.05, 0.1) is 12.4 Å². The van der Waals surface area contributed by atoms with Crippen LogP contribution < -0.4 is 10.6 Å². The first kappa shape index (κ1) is 18.5. The summed E-state index contributed by atoms with van der Waals surface area (Å²) in [5.41, 5.74) is 3.07. The first-order valence-corrected chi connectivity index (χ1v) is 8.75. The molecular formula is C21H21FN4O. The number of nitrogens with one attached hydrogen (secondary N) is 2. The highest BCUT2D eigenvalue weighted by molar-refractivity contribution is 5.91. The van der Waals surface area contributed by atoms with Crippen LogP contribution in [0.15, 0.2) is 60.9 Å². The van der Waals surface area contributed by atoms with E-state index in [9.17, 15) is 9.18 Å². The van der Waals surface area contributed by atoms with Crippen molar-refractivity contribution in [3.63, 3.8) is 0 Å². The number of hydrogen-bond donors (Lipinski definition) is 2. The fourth-order valence-electron chi connectivity index (χ4n) is 2.66. The Morgan fingerprint density at radius 3 is 2.67 bits per heavy atom. The Bertz CT molecular complexity index is 912. The Hall–Kier alpha value is -3.28. The van der Waals surface area contributed by atoms with Crippen molar-refractivity contribution in [3.05, 3.63) is 89.1 Å². The quantitative estimate of drug-likeness (QED) is 0.673. The molecule has 0 unspecified atom stereocenters. The normalized spacial score (nSPS) is 10.4. The largest absolute Gasteiger partial charge is 0.368 e. The molecule has 0 atom stereocenters. The molecule has 2 N–H and O–H groups in total. The summed E-state index contributed by atoms with van der Waals surface area (Å²) in [6, 6.07) is 14.6. The molecule has 3 aromatic rings. The van der Waals surface area contributed by atoms with E-state index in [1.165, 1.54) is 18.5 Å². The van der Waals surface area contributed by atoms with E-state index in [0.717, 1.165) is 11.1 Å². The van der Waals surface area contributed by atoms with Crippen molar-refractivity contribution in [2.75, 3.05) is 11.9 Å². The lowest BCUT2D eigenvalue weighted by molar-refractivity contribution is 0.0945. The predicted molar refractivity (Wildman–Crippen MR) is 103 cm³/mol. The molecule has 0 aliphatic carbocycles. The van der Waals surface area contributed by atoms with Crippen LogP contribution in [0.4, 0.5) is 10.2 Å². The van der Waals surface area contributed by atoms with E-state index in [2.05, 4.69) is 20.6 Å². The third-order valence-electron chi connectivity index (χ3n) is 4.08. The number of aryl methyl sites for hydroxylation is 1. The van der Waals surface area contributed by atoms with Gasteiger partial charge in [0.25, 0.3) is 5.91 Å². The minimum atomic E-state index is -0.276. The summed E-state index contributed by atoms with van der Waals surface area (Å²) in [6.07, 6.45) is 3.47. The van der Waals surface area contributed by atoms with Gasteiger partial charge in [-0.3, -0.25) is 4.79 Å². The van der Waals surface area contributed by atoms with Gasteiger partial charge < -0.3 is 10.6 Å². The Balaban J connectivity index is 1.49. The van der Waals surface area contributed by atoms with Gasteiger partial charge in [-0.05, 0) is 30.5 Å². The van der Waals surface area contributed by atoms with E-state index in [-0.39, 0.29) is 17.4 Å². The van der Waals surface area contributed by atoms with Gasteiger partial charge in [0.15, 0.2) is 0 Å². The van der Waals surface area contributed by atoms with Gasteiger partial charge >= 0.3 is 0 Å². The first-order valence-electron chi connectivity index (χ1n) is 8.75. The molecular weight excluding hydrogens is 343 g/mol. The van der Waals surface area contributed by atoms with E-state index in [1.54, 1.807) is 12.1 Å². The zero-order valence-corrected chi connectivity index (χ0v) is 15.1. The van der Waals surface area contributed by atoms with E-state index in [1.807, 2.05) is 37.3 Å². The molecule has 0 aliphatic heterocycles. The Morgan fingerprint density at radius 2 is 1.93 bits per heavy atom. The number of nitrogens with zero attached hydrogens (tertiary/aromatic N) is 2. The highest BCUT2D eigenvalue weighted by Gasteiger charge is 2.08. The molecule has 2 aromatic carbocycles. The zero-order valence-electron chi connectivity index (χ0n) is 15.1. The molecule has 1 amide bonds. The minimum absolute atomic E-state index is 0.217. The fourth-order valence-corrected chi connectivity index (χ4v) is 2.66. The Kier molecular flexibility index (Phi) is 6.10. The summed E-state index contributed by atoms with van der Waals surface area (Å²) in [5.74, 6) is 0.0505. The average Bonchev–Trinajstić information content (AvgIpc) is 2.68. The van der Waals surface area contributed by atoms with Crippen LogP contribution in [-0.4, -0.2) is 22.4 Å². The molecule has 0 radical (unpaired) electrons. The van der Waals surface area contributed by atoms with Crippen molar-refractivity contribution >= 4 is 11.7 Å². The molecule has 0 saturated heterocycles. The second-order valence-electron chi connectivity index (χ2n) is 6.23. The monoisotopic (exact) mass is 364 g/mol. The molecule has 0 fully saturated rings. The van der Waals surface area contributed by atoms with E-state index >= 15 is 0 Å². The molecule has 0 saturated carbocycles. The Labute approximate surface area is 157 Å². The molecule has 1 aromatic heterocycles. The van der Waals surface area contributed by atoms with Gasteiger partial charge in [0.1, 0.15) is 17.3 Å². The summed E-state index contributed by atoms with van der Waals surface area (Å²) < 4.78 is 13.6. The maximum Gasteiger partial charge on any atom is 0.271 e. The number of anilines is 1. The molecule has 6 heteroatoms. The lowest BCUT2D eigenvalue weighted by Crippen LogP contribution is -2.24. The number of hydrogen-bond acceptors (Lipinski definition) is 4. The highest BCUT2D eigenvalue weighted by atomic mass is 19.1. The third-order valence-corrected chi connectivity index (χ3v) is 4.08.